The van der Waals surface area contributed by atoms with Gasteiger partial charge in [0.2, 0.25) is 5.91 Å². The molecule has 1 unspecified atom stereocenters. The Labute approximate surface area is 190 Å². The normalized spacial score (nSPS) is 15.8. The van der Waals surface area contributed by atoms with Crippen LogP contribution in [0.1, 0.15) is 37.1 Å². The second-order valence-electron chi connectivity index (χ2n) is 7.67. The lowest BCUT2D eigenvalue weighted by Gasteiger charge is -2.19. The molecule has 0 bridgehead atoms. The summed E-state index contributed by atoms with van der Waals surface area (Å²) in [6.45, 7) is 5.30. The summed E-state index contributed by atoms with van der Waals surface area (Å²) < 4.78 is 2.16. The third-order valence-electron chi connectivity index (χ3n) is 5.29. The zero-order valence-electron chi connectivity index (χ0n) is 17.2. The number of rotatable bonds is 7. The summed E-state index contributed by atoms with van der Waals surface area (Å²) in [5.74, 6) is 1.83. The number of hydrogen-bond donors (Lipinski definition) is 1. The molecule has 30 heavy (non-hydrogen) atoms. The molecule has 158 valence electrons. The van der Waals surface area contributed by atoms with Crippen LogP contribution in [0.25, 0.3) is 11.4 Å². The minimum absolute atomic E-state index is 0.109. The Morgan fingerprint density at radius 2 is 2.20 bits per heavy atom. The number of carbonyl (C=O) groups is 1. The van der Waals surface area contributed by atoms with E-state index in [-0.39, 0.29) is 11.7 Å². The van der Waals surface area contributed by atoms with E-state index in [1.807, 2.05) is 23.5 Å². The van der Waals surface area contributed by atoms with Crippen molar-refractivity contribution in [3.05, 3.63) is 45.1 Å². The van der Waals surface area contributed by atoms with Crippen molar-refractivity contribution in [2.75, 3.05) is 11.1 Å². The molecular formula is C22H25ClN4OS2. The fourth-order valence-electron chi connectivity index (χ4n) is 3.76. The number of thioether (sulfide) groups is 1. The number of benzene rings is 1. The van der Waals surface area contributed by atoms with Crippen molar-refractivity contribution in [3.8, 4) is 11.4 Å². The topological polar surface area (TPSA) is 59.8 Å². The monoisotopic (exact) mass is 460 g/mol. The molecule has 1 N–H and O–H groups in total. The molecule has 8 heteroatoms. The Morgan fingerprint density at radius 3 is 3.00 bits per heavy atom. The van der Waals surface area contributed by atoms with E-state index in [1.165, 1.54) is 34.2 Å². The van der Waals surface area contributed by atoms with Crippen molar-refractivity contribution in [3.63, 3.8) is 0 Å². The van der Waals surface area contributed by atoms with E-state index in [0.717, 1.165) is 42.7 Å². The van der Waals surface area contributed by atoms with Gasteiger partial charge in [0, 0.05) is 22.4 Å². The lowest BCUT2D eigenvalue weighted by atomic mass is 9.88. The fourth-order valence-corrected chi connectivity index (χ4v) is 5.95. The molecule has 0 saturated carbocycles. The number of halogens is 1. The number of hydrogen-bond acceptors (Lipinski definition) is 5. The van der Waals surface area contributed by atoms with Crippen LogP contribution in [0.3, 0.4) is 0 Å². The highest BCUT2D eigenvalue weighted by Crippen LogP contribution is 2.38. The van der Waals surface area contributed by atoms with Crippen molar-refractivity contribution in [1.29, 1.82) is 0 Å². The predicted octanol–water partition coefficient (Wildman–Crippen LogP) is 5.93. The quantitative estimate of drug-likeness (QED) is 0.444. The van der Waals surface area contributed by atoms with Crippen LogP contribution < -0.4 is 5.32 Å². The number of amides is 1. The second-order valence-corrected chi connectivity index (χ2v) is 9.99. The van der Waals surface area contributed by atoms with Gasteiger partial charge in [0.1, 0.15) is 0 Å². The first-order chi connectivity index (χ1) is 14.6. The summed E-state index contributed by atoms with van der Waals surface area (Å²) in [5, 5.41) is 15.4. The summed E-state index contributed by atoms with van der Waals surface area (Å²) in [7, 11) is 0. The van der Waals surface area contributed by atoms with Crippen LogP contribution in [0, 0.1) is 5.92 Å². The first-order valence-electron chi connectivity index (χ1n) is 10.3. The Morgan fingerprint density at radius 1 is 1.37 bits per heavy atom. The SMILES string of the molecule is CCCn1c(SCC(=O)Nc2ccccc2Cl)nnc1-c1csc2c1CCC(C)C2. The zero-order chi connectivity index (χ0) is 21.1. The van der Waals surface area contributed by atoms with Crippen LogP contribution in [0.2, 0.25) is 5.02 Å². The molecule has 0 fully saturated rings. The van der Waals surface area contributed by atoms with Crippen LogP contribution in [0.5, 0.6) is 0 Å². The molecule has 0 radical (unpaired) electrons. The molecule has 0 spiro atoms. The van der Waals surface area contributed by atoms with Crippen LogP contribution >= 0.6 is 34.7 Å². The average Bonchev–Trinajstić information content (AvgIpc) is 3.32. The third kappa shape index (κ3) is 4.58. The van der Waals surface area contributed by atoms with Crippen LogP contribution in [0.15, 0.2) is 34.8 Å². The molecule has 5 nitrogen and oxygen atoms in total. The standard InChI is InChI=1S/C22H25ClN4OS2/c1-3-10-27-21(16-12-29-19-11-14(2)8-9-15(16)19)25-26-22(27)30-13-20(28)24-18-7-5-4-6-17(18)23/h4-7,12,14H,3,8-11,13H2,1-2H3,(H,24,28). The third-order valence-corrected chi connectivity index (χ3v) is 7.63. The first kappa shape index (κ1) is 21.4. The fraction of sp³-hybridized carbons (Fsp3) is 0.409. The molecule has 1 atom stereocenters. The molecule has 1 aromatic carbocycles. The molecule has 0 saturated heterocycles. The summed E-state index contributed by atoms with van der Waals surface area (Å²) >= 11 is 9.39. The largest absolute Gasteiger partial charge is 0.324 e. The lowest BCUT2D eigenvalue weighted by Crippen LogP contribution is -2.15. The molecule has 1 aliphatic rings. The number of anilines is 1. The van der Waals surface area contributed by atoms with Gasteiger partial charge in [-0.15, -0.1) is 21.5 Å². The maximum atomic E-state index is 12.4. The van der Waals surface area contributed by atoms with Gasteiger partial charge >= 0.3 is 0 Å². The minimum atomic E-state index is -0.109. The number of nitrogens with zero attached hydrogens (tertiary/aromatic N) is 3. The number of fused-ring (bicyclic) bond motifs is 1. The molecule has 1 aliphatic carbocycles. The van der Waals surface area contributed by atoms with Crippen molar-refractivity contribution >= 4 is 46.3 Å². The van der Waals surface area contributed by atoms with Gasteiger partial charge in [-0.05, 0) is 49.3 Å². The predicted molar refractivity (Wildman–Crippen MR) is 126 cm³/mol. The zero-order valence-corrected chi connectivity index (χ0v) is 19.5. The Kier molecular flexibility index (Phi) is 6.80. The molecule has 4 rings (SSSR count). The maximum absolute atomic E-state index is 12.4. The molecule has 0 aliphatic heterocycles. The molecular weight excluding hydrogens is 436 g/mol. The number of thiophene rings is 1. The summed E-state index contributed by atoms with van der Waals surface area (Å²) in [6.07, 6.45) is 4.47. The van der Waals surface area contributed by atoms with Crippen molar-refractivity contribution < 1.29 is 4.79 Å². The average molecular weight is 461 g/mol. The van der Waals surface area contributed by atoms with Crippen molar-refractivity contribution in [2.24, 2.45) is 5.92 Å². The summed E-state index contributed by atoms with van der Waals surface area (Å²) in [6, 6.07) is 7.24. The molecule has 1 amide bonds. The van der Waals surface area contributed by atoms with Crippen LogP contribution in [-0.2, 0) is 24.2 Å². The van der Waals surface area contributed by atoms with Gasteiger partial charge in [0.05, 0.1) is 16.5 Å². The Hall–Kier alpha value is -1.83. The number of carbonyl (C=O) groups excluding carboxylic acids is 1. The highest BCUT2D eigenvalue weighted by molar-refractivity contribution is 7.99. The minimum Gasteiger partial charge on any atom is -0.324 e. The maximum Gasteiger partial charge on any atom is 0.234 e. The van der Waals surface area contributed by atoms with Gasteiger partial charge in [-0.2, -0.15) is 0 Å². The highest BCUT2D eigenvalue weighted by Gasteiger charge is 2.24. The van der Waals surface area contributed by atoms with E-state index in [4.69, 9.17) is 11.6 Å². The number of aromatic nitrogens is 3. The van der Waals surface area contributed by atoms with Gasteiger partial charge in [-0.25, -0.2) is 0 Å². The number of nitrogens with one attached hydrogen (secondary N) is 1. The van der Waals surface area contributed by atoms with Crippen LogP contribution in [-0.4, -0.2) is 26.4 Å². The molecule has 2 heterocycles. The van der Waals surface area contributed by atoms with Gasteiger partial charge in [-0.1, -0.05) is 49.3 Å². The molecule has 3 aromatic rings. The Balaban J connectivity index is 1.51. The highest BCUT2D eigenvalue weighted by atomic mass is 35.5. The van der Waals surface area contributed by atoms with E-state index < -0.39 is 0 Å². The van der Waals surface area contributed by atoms with E-state index in [2.05, 4.69) is 39.3 Å². The number of para-hydroxylation sites is 1. The van der Waals surface area contributed by atoms with Gasteiger partial charge in [-0.3, -0.25) is 4.79 Å². The van der Waals surface area contributed by atoms with Gasteiger partial charge in [0.25, 0.3) is 0 Å². The second kappa shape index (κ2) is 9.54. The first-order valence-corrected chi connectivity index (χ1v) is 12.5. The van der Waals surface area contributed by atoms with Crippen molar-refractivity contribution in [2.45, 2.75) is 51.2 Å². The van der Waals surface area contributed by atoms with Crippen LogP contribution in [0.4, 0.5) is 5.69 Å². The van der Waals surface area contributed by atoms with Gasteiger partial charge in [0.15, 0.2) is 11.0 Å². The summed E-state index contributed by atoms with van der Waals surface area (Å²) in [5.41, 5.74) is 3.28. The van der Waals surface area contributed by atoms with Crippen molar-refractivity contribution in [1.82, 2.24) is 14.8 Å². The lowest BCUT2D eigenvalue weighted by molar-refractivity contribution is -0.113. The summed E-state index contributed by atoms with van der Waals surface area (Å²) in [4.78, 5) is 13.9. The van der Waals surface area contributed by atoms with E-state index >= 15 is 0 Å². The molecule has 2 aromatic heterocycles. The van der Waals surface area contributed by atoms with E-state index in [1.54, 1.807) is 12.1 Å². The van der Waals surface area contributed by atoms with Gasteiger partial charge < -0.3 is 9.88 Å². The Bertz CT molecular complexity index is 1050. The smallest absolute Gasteiger partial charge is 0.234 e. The van der Waals surface area contributed by atoms with E-state index in [0.29, 0.717) is 10.7 Å². The van der Waals surface area contributed by atoms with E-state index in [9.17, 15) is 4.79 Å².